The predicted molar refractivity (Wildman–Crippen MR) is 160 cm³/mol. The molecule has 0 saturated carbocycles. The number of rotatable bonds is 31. The molecule has 6 heteroatoms. The van der Waals surface area contributed by atoms with Gasteiger partial charge in [-0.2, -0.15) is 0 Å². The van der Waals surface area contributed by atoms with Crippen LogP contribution in [0.5, 0.6) is 0 Å². The van der Waals surface area contributed by atoms with Gasteiger partial charge in [0.25, 0.3) is 0 Å². The summed E-state index contributed by atoms with van der Waals surface area (Å²) in [5, 5.41) is 17.2. The lowest BCUT2D eigenvalue weighted by Crippen LogP contribution is -1.93. The molecule has 2 N–H and O–H groups in total. The molecule has 0 fully saturated rings. The third-order valence-electron chi connectivity index (χ3n) is 6.82. The van der Waals surface area contributed by atoms with Crippen LogP contribution in [0.4, 0.5) is 0 Å². The predicted octanol–water partition coefficient (Wildman–Crippen LogP) is 10.7. The zero-order valence-electron chi connectivity index (χ0n) is 23.3. The van der Waals surface area contributed by atoms with E-state index in [-0.39, 0.29) is 0 Å². The van der Waals surface area contributed by atoms with Crippen LogP contribution in [0, 0.1) is 0 Å². The van der Waals surface area contributed by atoms with E-state index in [0.29, 0.717) is 12.8 Å². The number of carboxylic acid groups (broad SMARTS) is 2. The molecular weight excluding hydrogens is 488 g/mol. The van der Waals surface area contributed by atoms with Crippen LogP contribution in [0.15, 0.2) is 0 Å². The molecule has 0 amide bonds. The van der Waals surface area contributed by atoms with Gasteiger partial charge in [-0.05, 0) is 25.7 Å². The molecule has 0 unspecified atom stereocenters. The number of unbranched alkanes of at least 4 members (excludes halogenated alkanes) is 22. The normalized spacial score (nSPS) is 11.2. The summed E-state index contributed by atoms with van der Waals surface area (Å²) in [5.74, 6) is 1.30. The minimum Gasteiger partial charge on any atom is -0.481 e. The van der Waals surface area contributed by atoms with Gasteiger partial charge >= 0.3 is 11.9 Å². The van der Waals surface area contributed by atoms with Crippen LogP contribution in [-0.4, -0.2) is 33.7 Å². The van der Waals surface area contributed by atoms with E-state index in [1.54, 1.807) is 0 Å². The number of hydrogen-bond acceptors (Lipinski definition) is 4. The van der Waals surface area contributed by atoms with Crippen molar-refractivity contribution >= 4 is 33.5 Å². The first-order valence-electron chi connectivity index (χ1n) is 15.3. The summed E-state index contributed by atoms with van der Waals surface area (Å²) in [7, 11) is 4.16. The Bertz CT molecular complexity index is 432. The van der Waals surface area contributed by atoms with Crippen LogP contribution in [0.3, 0.4) is 0 Å². The van der Waals surface area contributed by atoms with Gasteiger partial charge in [-0.25, -0.2) is 0 Å². The van der Waals surface area contributed by atoms with Gasteiger partial charge in [0.2, 0.25) is 0 Å². The highest BCUT2D eigenvalue weighted by Crippen LogP contribution is 2.25. The minimum absolute atomic E-state index is 0.334. The van der Waals surface area contributed by atoms with Gasteiger partial charge in [0.05, 0.1) is 0 Å². The zero-order chi connectivity index (χ0) is 26.4. The Hall–Kier alpha value is -0.360. The Balaban J connectivity index is 3.03. The van der Waals surface area contributed by atoms with E-state index in [4.69, 9.17) is 10.2 Å². The first kappa shape index (κ1) is 35.6. The van der Waals surface area contributed by atoms with Crippen molar-refractivity contribution in [3.63, 3.8) is 0 Å². The summed E-state index contributed by atoms with van der Waals surface area (Å²) in [5.41, 5.74) is 0. The van der Waals surface area contributed by atoms with Crippen molar-refractivity contribution in [2.75, 3.05) is 11.5 Å². The molecule has 0 spiro atoms. The summed E-state index contributed by atoms with van der Waals surface area (Å²) in [4.78, 5) is 20.9. The zero-order valence-corrected chi connectivity index (χ0v) is 25.0. The van der Waals surface area contributed by atoms with E-state index >= 15 is 0 Å². The maximum Gasteiger partial charge on any atom is 0.303 e. The SMILES string of the molecule is O=C(O)CCCCCCCCCCCCCCSSCCCCCCCCCCCCCCC(=O)O. The van der Waals surface area contributed by atoms with E-state index in [1.165, 1.54) is 140 Å². The molecule has 0 atom stereocenters. The van der Waals surface area contributed by atoms with Crippen molar-refractivity contribution in [3.8, 4) is 0 Å². The van der Waals surface area contributed by atoms with Gasteiger partial charge in [0, 0.05) is 24.3 Å². The Morgan fingerprint density at radius 3 is 0.750 bits per heavy atom. The molecule has 0 aliphatic rings. The summed E-state index contributed by atoms with van der Waals surface area (Å²) in [6.45, 7) is 0. The Kier molecular flexibility index (Phi) is 30.6. The largest absolute Gasteiger partial charge is 0.481 e. The second kappa shape index (κ2) is 30.9. The maximum atomic E-state index is 10.5. The first-order chi connectivity index (χ1) is 17.6. The number of aliphatic carboxylic acids is 2. The van der Waals surface area contributed by atoms with Crippen molar-refractivity contribution in [1.82, 2.24) is 0 Å². The highest BCUT2D eigenvalue weighted by atomic mass is 33.1. The van der Waals surface area contributed by atoms with Gasteiger partial charge in [-0.15, -0.1) is 0 Å². The second-order valence-electron chi connectivity index (χ2n) is 10.4. The molecule has 0 aliphatic heterocycles. The van der Waals surface area contributed by atoms with Crippen LogP contribution >= 0.6 is 21.6 Å². The second-order valence-corrected chi connectivity index (χ2v) is 13.1. The van der Waals surface area contributed by atoms with Crippen LogP contribution in [0.2, 0.25) is 0 Å². The topological polar surface area (TPSA) is 74.6 Å². The fourth-order valence-electron chi connectivity index (χ4n) is 4.53. The monoisotopic (exact) mass is 546 g/mol. The molecule has 36 heavy (non-hydrogen) atoms. The molecule has 0 heterocycles. The Morgan fingerprint density at radius 2 is 0.528 bits per heavy atom. The average molecular weight is 547 g/mol. The van der Waals surface area contributed by atoms with Crippen molar-refractivity contribution in [1.29, 1.82) is 0 Å². The van der Waals surface area contributed by atoms with Crippen LogP contribution in [-0.2, 0) is 9.59 Å². The van der Waals surface area contributed by atoms with E-state index < -0.39 is 11.9 Å². The summed E-state index contributed by atoms with van der Waals surface area (Å²) in [6.07, 6.45) is 31.4. The minimum atomic E-state index is -0.659. The van der Waals surface area contributed by atoms with E-state index in [2.05, 4.69) is 21.6 Å². The van der Waals surface area contributed by atoms with E-state index in [9.17, 15) is 9.59 Å². The molecule has 214 valence electrons. The standard InChI is InChI=1S/C30H58O4S2/c31-29(32)25-21-17-13-9-5-1-3-7-11-15-19-23-27-35-36-28-24-20-16-12-8-4-2-6-10-14-18-22-26-30(33)34/h1-28H2,(H,31,32)(H,33,34). The van der Waals surface area contributed by atoms with E-state index in [1.807, 2.05) is 0 Å². The van der Waals surface area contributed by atoms with Crippen molar-refractivity contribution in [3.05, 3.63) is 0 Å². The van der Waals surface area contributed by atoms with Crippen LogP contribution < -0.4 is 0 Å². The molecule has 0 aromatic heterocycles. The van der Waals surface area contributed by atoms with Gasteiger partial charge in [-0.1, -0.05) is 150 Å². The fraction of sp³-hybridized carbons (Fsp3) is 0.933. The Morgan fingerprint density at radius 1 is 0.333 bits per heavy atom. The smallest absolute Gasteiger partial charge is 0.303 e. The molecule has 0 aliphatic carbocycles. The highest BCUT2D eigenvalue weighted by molar-refractivity contribution is 8.76. The van der Waals surface area contributed by atoms with Crippen LogP contribution in [0.25, 0.3) is 0 Å². The van der Waals surface area contributed by atoms with Gasteiger partial charge in [0.15, 0.2) is 0 Å². The molecule has 0 aromatic carbocycles. The third-order valence-corrected chi connectivity index (χ3v) is 9.40. The lowest BCUT2D eigenvalue weighted by molar-refractivity contribution is -0.138. The van der Waals surface area contributed by atoms with Crippen molar-refractivity contribution in [2.24, 2.45) is 0 Å². The molecular formula is C30H58O4S2. The molecule has 4 nitrogen and oxygen atoms in total. The van der Waals surface area contributed by atoms with Gasteiger partial charge < -0.3 is 10.2 Å². The van der Waals surface area contributed by atoms with Gasteiger partial charge in [0.1, 0.15) is 0 Å². The molecule has 0 radical (unpaired) electrons. The molecule has 0 saturated heterocycles. The first-order valence-corrected chi connectivity index (χ1v) is 17.8. The lowest BCUT2D eigenvalue weighted by atomic mass is 10.0. The number of carbonyl (C=O) groups is 2. The summed E-state index contributed by atoms with van der Waals surface area (Å²) in [6, 6.07) is 0. The molecule has 0 bridgehead atoms. The number of carboxylic acids is 2. The lowest BCUT2D eigenvalue weighted by Gasteiger charge is -2.04. The summed E-state index contributed by atoms with van der Waals surface area (Å²) >= 11 is 0. The molecule has 0 aromatic rings. The Labute approximate surface area is 231 Å². The van der Waals surface area contributed by atoms with Crippen molar-refractivity contribution in [2.45, 2.75) is 167 Å². The number of hydrogen-bond donors (Lipinski definition) is 2. The maximum absolute atomic E-state index is 10.5. The van der Waals surface area contributed by atoms with Gasteiger partial charge in [-0.3, -0.25) is 9.59 Å². The van der Waals surface area contributed by atoms with Crippen LogP contribution in [0.1, 0.15) is 167 Å². The van der Waals surface area contributed by atoms with Crippen molar-refractivity contribution < 1.29 is 19.8 Å². The quantitative estimate of drug-likeness (QED) is 0.0665. The fourth-order valence-corrected chi connectivity index (χ4v) is 6.82. The molecule has 0 rings (SSSR count). The highest BCUT2D eigenvalue weighted by Gasteiger charge is 1.99. The van der Waals surface area contributed by atoms with E-state index in [0.717, 1.165) is 25.7 Å². The summed E-state index contributed by atoms with van der Waals surface area (Å²) < 4.78 is 0. The third kappa shape index (κ3) is 33.6. The average Bonchev–Trinajstić information content (AvgIpc) is 2.85.